The summed E-state index contributed by atoms with van der Waals surface area (Å²) in [6.07, 6.45) is 2.04. The zero-order valence-electron chi connectivity index (χ0n) is 20.4. The average molecular weight is 464 g/mol. The second kappa shape index (κ2) is 8.54. The Bertz CT molecular complexity index is 1320. The van der Waals surface area contributed by atoms with Crippen LogP contribution in [0.5, 0.6) is 5.75 Å². The van der Waals surface area contributed by atoms with Gasteiger partial charge in [-0.1, -0.05) is 12.1 Å². The van der Waals surface area contributed by atoms with Crippen LogP contribution in [0.4, 0.5) is 5.95 Å². The zero-order chi connectivity index (χ0) is 24.0. The molecule has 2 N–H and O–H groups in total. The van der Waals surface area contributed by atoms with Crippen LogP contribution >= 0.6 is 0 Å². The van der Waals surface area contributed by atoms with E-state index in [0.29, 0.717) is 24.1 Å². The Hall–Kier alpha value is -3.20. The SMILES string of the molecule is CCn1c(N2CCCC(N)C2)nc2c(C)nn(CC3=NCC(C)(C)Oc4ccccc43)c(=O)c21. The fraction of sp³-hybridized carbons (Fsp3) is 0.520. The predicted molar refractivity (Wildman–Crippen MR) is 134 cm³/mol. The van der Waals surface area contributed by atoms with Crippen LogP contribution in [0.1, 0.15) is 44.9 Å². The summed E-state index contributed by atoms with van der Waals surface area (Å²) >= 11 is 0. The van der Waals surface area contributed by atoms with Crippen molar-refractivity contribution in [1.29, 1.82) is 0 Å². The molecule has 9 nitrogen and oxygen atoms in total. The monoisotopic (exact) mass is 463 g/mol. The highest BCUT2D eigenvalue weighted by molar-refractivity contribution is 6.03. The maximum Gasteiger partial charge on any atom is 0.293 e. The van der Waals surface area contributed by atoms with E-state index in [-0.39, 0.29) is 18.1 Å². The van der Waals surface area contributed by atoms with E-state index >= 15 is 0 Å². The van der Waals surface area contributed by atoms with Gasteiger partial charge >= 0.3 is 0 Å². The number of benzene rings is 1. The molecule has 0 aliphatic carbocycles. The summed E-state index contributed by atoms with van der Waals surface area (Å²) in [5, 5.41) is 4.65. The molecule has 0 saturated carbocycles. The highest BCUT2D eigenvalue weighted by Crippen LogP contribution is 2.28. The first-order valence-electron chi connectivity index (χ1n) is 12.1. The van der Waals surface area contributed by atoms with Gasteiger partial charge < -0.3 is 19.9 Å². The minimum atomic E-state index is -0.429. The molecule has 1 atom stereocenters. The first kappa shape index (κ1) is 22.6. The van der Waals surface area contributed by atoms with E-state index in [1.165, 1.54) is 4.68 Å². The summed E-state index contributed by atoms with van der Waals surface area (Å²) in [4.78, 5) is 25.6. The van der Waals surface area contributed by atoms with Crippen LogP contribution in [-0.4, -0.2) is 56.3 Å². The Labute approximate surface area is 199 Å². The Morgan fingerprint density at radius 1 is 1.26 bits per heavy atom. The molecule has 1 saturated heterocycles. The third-order valence-electron chi connectivity index (χ3n) is 6.59. The lowest BCUT2D eigenvalue weighted by Gasteiger charge is -2.31. The van der Waals surface area contributed by atoms with E-state index in [1.807, 2.05) is 56.5 Å². The number of aromatic nitrogens is 4. The van der Waals surface area contributed by atoms with E-state index in [1.54, 1.807) is 0 Å². The lowest BCUT2D eigenvalue weighted by atomic mass is 10.1. The molecular formula is C25H33N7O2. The first-order chi connectivity index (χ1) is 16.3. The standard InChI is InChI=1S/C25H33N7O2/c1-5-31-22-21(28-24(31)30-12-8-9-17(26)13-30)16(2)29-32(23(22)33)14-19-18-10-6-7-11-20(18)34-25(3,4)15-27-19/h6-7,10-11,17H,5,8-9,12-15,26H2,1-4H3. The number of ether oxygens (including phenoxy) is 1. The highest BCUT2D eigenvalue weighted by atomic mass is 16.5. The summed E-state index contributed by atoms with van der Waals surface area (Å²) in [7, 11) is 0. The third-order valence-corrected chi connectivity index (χ3v) is 6.59. The molecular weight excluding hydrogens is 430 g/mol. The summed E-state index contributed by atoms with van der Waals surface area (Å²) in [6, 6.07) is 7.97. The molecule has 5 rings (SSSR count). The predicted octanol–water partition coefficient (Wildman–Crippen LogP) is 2.51. The van der Waals surface area contributed by atoms with E-state index in [9.17, 15) is 4.79 Å². The van der Waals surface area contributed by atoms with Crippen LogP contribution in [0.15, 0.2) is 34.1 Å². The summed E-state index contributed by atoms with van der Waals surface area (Å²) in [6.45, 7) is 11.0. The van der Waals surface area contributed by atoms with Crippen molar-refractivity contribution in [2.75, 3.05) is 24.5 Å². The molecule has 2 aromatic heterocycles. The van der Waals surface area contributed by atoms with Crippen molar-refractivity contribution >= 4 is 22.7 Å². The third kappa shape index (κ3) is 3.98. The second-order valence-electron chi connectivity index (χ2n) is 9.87. The van der Waals surface area contributed by atoms with Crippen molar-refractivity contribution in [2.45, 2.75) is 65.3 Å². The number of nitrogens with two attached hydrogens (primary N) is 1. The summed E-state index contributed by atoms with van der Waals surface area (Å²) in [5.74, 6) is 1.58. The number of aryl methyl sites for hydroxylation is 2. The quantitative estimate of drug-likeness (QED) is 0.638. The Morgan fingerprint density at radius 2 is 2.06 bits per heavy atom. The van der Waals surface area contributed by atoms with Crippen molar-refractivity contribution in [1.82, 2.24) is 19.3 Å². The lowest BCUT2D eigenvalue weighted by Crippen LogP contribution is -2.44. The molecule has 4 heterocycles. The molecule has 180 valence electrons. The fourth-order valence-electron chi connectivity index (χ4n) is 4.92. The number of hydrogen-bond donors (Lipinski definition) is 1. The van der Waals surface area contributed by atoms with Crippen LogP contribution in [0.2, 0.25) is 0 Å². The van der Waals surface area contributed by atoms with Gasteiger partial charge in [-0.05, 0) is 52.7 Å². The summed E-state index contributed by atoms with van der Waals surface area (Å²) in [5.41, 5.74) is 9.29. The van der Waals surface area contributed by atoms with Crippen molar-refractivity contribution < 1.29 is 4.74 Å². The molecule has 1 fully saturated rings. The Morgan fingerprint density at radius 3 is 2.82 bits per heavy atom. The van der Waals surface area contributed by atoms with Crippen molar-refractivity contribution in [3.63, 3.8) is 0 Å². The molecule has 1 aromatic carbocycles. The van der Waals surface area contributed by atoms with Crippen LogP contribution in [0, 0.1) is 6.92 Å². The number of hydrogen-bond acceptors (Lipinski definition) is 7. The van der Waals surface area contributed by atoms with Gasteiger partial charge in [0, 0.05) is 31.2 Å². The topological polar surface area (TPSA) is 104 Å². The van der Waals surface area contributed by atoms with E-state index in [4.69, 9.17) is 20.4 Å². The van der Waals surface area contributed by atoms with Gasteiger partial charge in [0.25, 0.3) is 5.56 Å². The maximum atomic E-state index is 13.7. The van der Waals surface area contributed by atoms with Gasteiger partial charge in [-0.25, -0.2) is 9.67 Å². The first-order valence-corrected chi connectivity index (χ1v) is 12.1. The summed E-state index contributed by atoms with van der Waals surface area (Å²) < 4.78 is 9.73. The minimum absolute atomic E-state index is 0.120. The molecule has 2 aliphatic rings. The molecule has 0 spiro atoms. The van der Waals surface area contributed by atoms with Crippen LogP contribution in [0.3, 0.4) is 0 Å². The molecule has 0 amide bonds. The molecule has 3 aromatic rings. The Kier molecular flexibility index (Phi) is 5.67. The zero-order valence-corrected chi connectivity index (χ0v) is 20.4. The number of anilines is 1. The molecule has 9 heteroatoms. The Balaban J connectivity index is 1.60. The largest absolute Gasteiger partial charge is 0.485 e. The van der Waals surface area contributed by atoms with E-state index in [0.717, 1.165) is 54.6 Å². The average Bonchev–Trinajstić information content (AvgIpc) is 3.15. The van der Waals surface area contributed by atoms with Crippen molar-refractivity contribution in [3.8, 4) is 5.75 Å². The lowest BCUT2D eigenvalue weighted by molar-refractivity contribution is 0.121. The molecule has 1 unspecified atom stereocenters. The molecule has 0 bridgehead atoms. The second-order valence-corrected chi connectivity index (χ2v) is 9.87. The minimum Gasteiger partial charge on any atom is -0.485 e. The van der Waals surface area contributed by atoms with Gasteiger partial charge in [0.1, 0.15) is 22.4 Å². The van der Waals surface area contributed by atoms with Crippen LogP contribution in [0.25, 0.3) is 11.0 Å². The maximum absolute atomic E-state index is 13.7. The normalized spacial score (nSPS) is 20.0. The van der Waals surface area contributed by atoms with Gasteiger partial charge in [-0.3, -0.25) is 9.79 Å². The number of nitrogens with zero attached hydrogens (tertiary/aromatic N) is 6. The smallest absolute Gasteiger partial charge is 0.293 e. The number of fused-ring (bicyclic) bond motifs is 2. The van der Waals surface area contributed by atoms with Crippen LogP contribution < -0.4 is 20.9 Å². The molecule has 34 heavy (non-hydrogen) atoms. The number of aliphatic imine (C=N–C) groups is 1. The van der Waals surface area contributed by atoms with Gasteiger partial charge in [-0.2, -0.15) is 5.10 Å². The number of piperidine rings is 1. The fourth-order valence-corrected chi connectivity index (χ4v) is 4.92. The van der Waals surface area contributed by atoms with Gasteiger partial charge in [0.15, 0.2) is 0 Å². The number of para-hydroxylation sites is 1. The van der Waals surface area contributed by atoms with E-state index in [2.05, 4.69) is 10.00 Å². The van der Waals surface area contributed by atoms with Gasteiger partial charge in [0.05, 0.1) is 24.5 Å². The van der Waals surface area contributed by atoms with Crippen LogP contribution in [-0.2, 0) is 13.1 Å². The van der Waals surface area contributed by atoms with Gasteiger partial charge in [-0.15, -0.1) is 0 Å². The van der Waals surface area contributed by atoms with Gasteiger partial charge in [0.2, 0.25) is 5.95 Å². The van der Waals surface area contributed by atoms with Crippen molar-refractivity contribution in [2.24, 2.45) is 10.7 Å². The number of rotatable bonds is 4. The van der Waals surface area contributed by atoms with Crippen molar-refractivity contribution in [3.05, 3.63) is 45.9 Å². The van der Waals surface area contributed by atoms with E-state index < -0.39 is 5.60 Å². The molecule has 0 radical (unpaired) electrons. The number of imidazole rings is 1. The molecule has 2 aliphatic heterocycles. The highest BCUT2D eigenvalue weighted by Gasteiger charge is 2.28.